The molecule has 1 fully saturated rings. The fraction of sp³-hybridized carbons (Fsp3) is 0.333. The van der Waals surface area contributed by atoms with Crippen molar-refractivity contribution in [3.63, 3.8) is 0 Å². The summed E-state index contributed by atoms with van der Waals surface area (Å²) in [7, 11) is 3.23. The topological polar surface area (TPSA) is 85.3 Å². The number of rotatable bonds is 11. The standard InChI is InChI=1S/C30H33NO6/c1-20(32)27-28(30(34)37-19-23-7-5-4-6-8-23)31(29(27)33)24(17-21-9-13-25(35-2)14-10-21)18-22-11-15-26(36-3)16-12-22/h4-16,20,24,27-28,32H,17-19H2,1-3H3. The second-order valence-electron chi connectivity index (χ2n) is 9.31. The maximum Gasteiger partial charge on any atom is 0.330 e. The number of carbonyl (C=O) groups excluding carboxylic acids is 2. The van der Waals surface area contributed by atoms with E-state index in [0.29, 0.717) is 12.8 Å². The Labute approximate surface area is 217 Å². The van der Waals surface area contributed by atoms with Crippen LogP contribution in [0.2, 0.25) is 0 Å². The van der Waals surface area contributed by atoms with Gasteiger partial charge in [0.1, 0.15) is 24.1 Å². The number of hydrogen-bond donors (Lipinski definition) is 1. The minimum atomic E-state index is -0.972. The molecule has 0 saturated carbocycles. The molecule has 4 rings (SSSR count). The third-order valence-electron chi connectivity index (χ3n) is 6.82. The minimum absolute atomic E-state index is 0.104. The van der Waals surface area contributed by atoms with Gasteiger partial charge in [-0.1, -0.05) is 54.6 Å². The number of carbonyl (C=O) groups is 2. The van der Waals surface area contributed by atoms with Crippen LogP contribution in [0.3, 0.4) is 0 Å². The number of β-lactam (4-membered cyclic amide) rings is 1. The molecular formula is C30H33NO6. The van der Waals surface area contributed by atoms with Gasteiger partial charge in [-0.25, -0.2) is 4.79 Å². The van der Waals surface area contributed by atoms with Crippen molar-refractivity contribution in [1.29, 1.82) is 0 Å². The van der Waals surface area contributed by atoms with Crippen molar-refractivity contribution in [3.8, 4) is 11.5 Å². The highest BCUT2D eigenvalue weighted by atomic mass is 16.5. The highest BCUT2D eigenvalue weighted by molar-refractivity contribution is 5.98. The second kappa shape index (κ2) is 11.9. The zero-order valence-corrected chi connectivity index (χ0v) is 21.4. The Kier molecular flexibility index (Phi) is 8.46. The second-order valence-corrected chi connectivity index (χ2v) is 9.31. The highest BCUT2D eigenvalue weighted by Crippen LogP contribution is 2.35. The van der Waals surface area contributed by atoms with Gasteiger partial charge in [0.2, 0.25) is 5.91 Å². The molecule has 1 amide bonds. The molecule has 0 spiro atoms. The Balaban J connectivity index is 1.60. The summed E-state index contributed by atoms with van der Waals surface area (Å²) < 4.78 is 16.2. The number of aliphatic hydroxyl groups excluding tert-OH is 1. The molecule has 7 heteroatoms. The van der Waals surface area contributed by atoms with Gasteiger partial charge in [-0.3, -0.25) is 4.79 Å². The molecule has 1 saturated heterocycles. The van der Waals surface area contributed by atoms with Crippen LogP contribution in [0.1, 0.15) is 23.6 Å². The number of methoxy groups -OCH3 is 2. The summed E-state index contributed by atoms with van der Waals surface area (Å²) in [5.74, 6) is -0.107. The van der Waals surface area contributed by atoms with Crippen LogP contribution >= 0.6 is 0 Å². The van der Waals surface area contributed by atoms with Crippen molar-refractivity contribution in [1.82, 2.24) is 4.90 Å². The van der Waals surface area contributed by atoms with Crippen molar-refractivity contribution in [2.75, 3.05) is 14.2 Å². The average Bonchev–Trinajstić information content (AvgIpc) is 2.91. The summed E-state index contributed by atoms with van der Waals surface area (Å²) in [6.07, 6.45) is 0.0775. The maximum atomic E-state index is 13.3. The van der Waals surface area contributed by atoms with E-state index >= 15 is 0 Å². The summed E-state index contributed by atoms with van der Waals surface area (Å²) in [5, 5.41) is 10.4. The largest absolute Gasteiger partial charge is 0.497 e. The molecule has 3 unspecified atom stereocenters. The molecule has 1 heterocycles. The first-order valence-corrected chi connectivity index (χ1v) is 12.4. The fourth-order valence-corrected chi connectivity index (χ4v) is 4.82. The van der Waals surface area contributed by atoms with Crippen LogP contribution in [-0.2, 0) is 33.8 Å². The monoisotopic (exact) mass is 503 g/mol. The third kappa shape index (κ3) is 6.12. The first-order chi connectivity index (χ1) is 17.9. The van der Waals surface area contributed by atoms with Crippen LogP contribution < -0.4 is 9.47 Å². The van der Waals surface area contributed by atoms with Crippen molar-refractivity contribution in [2.24, 2.45) is 5.92 Å². The molecule has 0 aromatic heterocycles. The molecule has 37 heavy (non-hydrogen) atoms. The molecule has 194 valence electrons. The van der Waals surface area contributed by atoms with Gasteiger partial charge in [-0.15, -0.1) is 0 Å². The van der Waals surface area contributed by atoms with Gasteiger partial charge in [-0.2, -0.15) is 0 Å². The lowest BCUT2D eigenvalue weighted by molar-refractivity contribution is -0.185. The van der Waals surface area contributed by atoms with E-state index in [0.717, 1.165) is 28.2 Å². The van der Waals surface area contributed by atoms with Crippen LogP contribution in [-0.4, -0.2) is 54.3 Å². The van der Waals surface area contributed by atoms with Gasteiger partial charge in [0.15, 0.2) is 0 Å². The quantitative estimate of drug-likeness (QED) is 0.316. The van der Waals surface area contributed by atoms with Crippen molar-refractivity contribution >= 4 is 11.9 Å². The number of nitrogens with zero attached hydrogens (tertiary/aromatic N) is 1. The molecule has 1 N–H and O–H groups in total. The smallest absolute Gasteiger partial charge is 0.330 e. The van der Waals surface area contributed by atoms with Crippen molar-refractivity contribution in [3.05, 3.63) is 95.6 Å². The van der Waals surface area contributed by atoms with Crippen LogP contribution in [0.15, 0.2) is 78.9 Å². The highest BCUT2D eigenvalue weighted by Gasteiger charge is 2.56. The molecule has 3 aromatic rings. The Bertz CT molecular complexity index is 1130. The zero-order chi connectivity index (χ0) is 26.4. The van der Waals surface area contributed by atoms with Crippen LogP contribution in [0.5, 0.6) is 11.5 Å². The van der Waals surface area contributed by atoms with E-state index < -0.39 is 24.0 Å². The van der Waals surface area contributed by atoms with Gasteiger partial charge in [0.05, 0.1) is 26.2 Å². The number of ether oxygens (including phenoxy) is 3. The van der Waals surface area contributed by atoms with Gasteiger partial charge in [-0.05, 0) is 60.7 Å². The summed E-state index contributed by atoms with van der Waals surface area (Å²) in [4.78, 5) is 28.2. The molecule has 3 atom stereocenters. The van der Waals surface area contributed by atoms with Gasteiger partial charge in [0.25, 0.3) is 0 Å². The number of hydrogen-bond acceptors (Lipinski definition) is 6. The Morgan fingerprint density at radius 1 is 0.838 bits per heavy atom. The third-order valence-corrected chi connectivity index (χ3v) is 6.82. The van der Waals surface area contributed by atoms with Gasteiger partial charge < -0.3 is 24.2 Å². The van der Waals surface area contributed by atoms with E-state index in [9.17, 15) is 14.7 Å². The summed E-state index contributed by atoms with van der Waals surface area (Å²) >= 11 is 0. The average molecular weight is 504 g/mol. The first-order valence-electron chi connectivity index (χ1n) is 12.4. The van der Waals surface area contributed by atoms with E-state index in [1.165, 1.54) is 0 Å². The Morgan fingerprint density at radius 2 is 1.35 bits per heavy atom. The van der Waals surface area contributed by atoms with Crippen LogP contribution in [0.4, 0.5) is 0 Å². The van der Waals surface area contributed by atoms with Crippen LogP contribution in [0.25, 0.3) is 0 Å². The van der Waals surface area contributed by atoms with E-state index in [1.54, 1.807) is 26.0 Å². The molecule has 0 aliphatic carbocycles. The predicted octanol–water partition coefficient (Wildman–Crippen LogP) is 3.81. The van der Waals surface area contributed by atoms with Gasteiger partial charge >= 0.3 is 5.97 Å². The maximum absolute atomic E-state index is 13.3. The summed E-state index contributed by atoms with van der Waals surface area (Å²) in [6.45, 7) is 1.64. The van der Waals surface area contributed by atoms with Gasteiger partial charge in [0, 0.05) is 6.04 Å². The molecule has 0 radical (unpaired) electrons. The Morgan fingerprint density at radius 3 is 1.81 bits per heavy atom. The van der Waals surface area contributed by atoms with Crippen LogP contribution in [0, 0.1) is 5.92 Å². The SMILES string of the molecule is COc1ccc(CC(Cc2ccc(OC)cc2)N2C(=O)C(C(C)O)C2C(=O)OCc2ccccc2)cc1. The molecule has 7 nitrogen and oxygen atoms in total. The summed E-state index contributed by atoms with van der Waals surface area (Å²) in [6, 6.07) is 23.5. The minimum Gasteiger partial charge on any atom is -0.497 e. The first kappa shape index (κ1) is 26.2. The molecule has 1 aliphatic rings. The lowest BCUT2D eigenvalue weighted by Gasteiger charge is -2.50. The zero-order valence-electron chi connectivity index (χ0n) is 21.4. The number of aliphatic hydroxyl groups is 1. The van der Waals surface area contributed by atoms with E-state index in [4.69, 9.17) is 14.2 Å². The predicted molar refractivity (Wildman–Crippen MR) is 139 cm³/mol. The normalized spacial score (nSPS) is 17.8. The molecule has 3 aromatic carbocycles. The van der Waals surface area contributed by atoms with Crippen molar-refractivity contribution < 1.29 is 28.9 Å². The Hall–Kier alpha value is -3.84. The van der Waals surface area contributed by atoms with E-state index in [1.807, 2.05) is 78.9 Å². The number of likely N-dealkylation sites (tertiary alicyclic amines) is 1. The number of benzene rings is 3. The number of amides is 1. The fourth-order valence-electron chi connectivity index (χ4n) is 4.82. The molecule has 1 aliphatic heterocycles. The van der Waals surface area contributed by atoms with E-state index in [-0.39, 0.29) is 18.6 Å². The molecular weight excluding hydrogens is 470 g/mol. The molecule has 0 bridgehead atoms. The lowest BCUT2D eigenvalue weighted by Crippen LogP contribution is -2.70. The summed E-state index contributed by atoms with van der Waals surface area (Å²) in [5.41, 5.74) is 2.86. The number of esters is 1. The van der Waals surface area contributed by atoms with Crippen molar-refractivity contribution in [2.45, 2.75) is 44.6 Å². The van der Waals surface area contributed by atoms with E-state index in [2.05, 4.69) is 0 Å². The lowest BCUT2D eigenvalue weighted by atomic mass is 9.80.